The Morgan fingerprint density at radius 1 is 1.59 bits per heavy atom. The zero-order chi connectivity index (χ0) is 12.8. The average molecular weight is 256 g/mol. The summed E-state index contributed by atoms with van der Waals surface area (Å²) in [6.45, 7) is 0.302. The molecular formula is C11H13FN2O2S. The molecule has 0 spiro atoms. The standard InChI is InChI=1S/C11H13FN2O2S/c1-16-10(15)4-5-14-9-3-2-7(11(13)17)6-8(9)12/h2-3,6,14H,4-5H2,1H3,(H2,13,17). The largest absolute Gasteiger partial charge is 0.469 e. The number of rotatable bonds is 5. The van der Waals surface area contributed by atoms with Crippen LogP contribution in [-0.4, -0.2) is 24.6 Å². The second kappa shape index (κ2) is 6.15. The highest BCUT2D eigenvalue weighted by Gasteiger charge is 2.06. The van der Waals surface area contributed by atoms with Crippen LogP contribution in [0, 0.1) is 5.82 Å². The Morgan fingerprint density at radius 2 is 2.29 bits per heavy atom. The summed E-state index contributed by atoms with van der Waals surface area (Å²) < 4.78 is 18.0. The first-order valence-corrected chi connectivity index (χ1v) is 5.35. The number of nitrogens with one attached hydrogen (secondary N) is 1. The molecule has 0 aromatic heterocycles. The van der Waals surface area contributed by atoms with Gasteiger partial charge in [-0.15, -0.1) is 0 Å². The van der Waals surface area contributed by atoms with E-state index < -0.39 is 5.82 Å². The summed E-state index contributed by atoms with van der Waals surface area (Å²) in [5, 5.41) is 2.78. The topological polar surface area (TPSA) is 64.3 Å². The molecule has 17 heavy (non-hydrogen) atoms. The molecule has 0 aliphatic carbocycles. The van der Waals surface area contributed by atoms with Crippen LogP contribution >= 0.6 is 12.2 Å². The number of carbonyl (C=O) groups excluding carboxylic acids is 1. The zero-order valence-electron chi connectivity index (χ0n) is 9.33. The van der Waals surface area contributed by atoms with Gasteiger partial charge in [0.25, 0.3) is 0 Å². The number of hydrogen-bond donors (Lipinski definition) is 2. The van der Waals surface area contributed by atoms with Gasteiger partial charge in [-0.25, -0.2) is 4.39 Å². The molecule has 0 bridgehead atoms. The minimum absolute atomic E-state index is 0.144. The molecule has 0 radical (unpaired) electrons. The normalized spacial score (nSPS) is 9.76. The number of halogens is 1. The van der Waals surface area contributed by atoms with Crippen LogP contribution in [0.2, 0.25) is 0 Å². The van der Waals surface area contributed by atoms with E-state index in [1.807, 2.05) is 0 Å². The van der Waals surface area contributed by atoms with Crippen molar-refractivity contribution >= 4 is 28.9 Å². The van der Waals surface area contributed by atoms with E-state index in [4.69, 9.17) is 18.0 Å². The Labute approximate surface area is 104 Å². The molecule has 1 aromatic carbocycles. The van der Waals surface area contributed by atoms with E-state index in [0.717, 1.165) is 0 Å². The number of ether oxygens (including phenoxy) is 1. The molecule has 0 saturated heterocycles. The first-order valence-electron chi connectivity index (χ1n) is 4.94. The van der Waals surface area contributed by atoms with E-state index in [-0.39, 0.29) is 17.4 Å². The average Bonchev–Trinajstić information content (AvgIpc) is 2.30. The maximum Gasteiger partial charge on any atom is 0.307 e. The maximum atomic E-state index is 13.5. The lowest BCUT2D eigenvalue weighted by atomic mass is 10.2. The number of hydrogen-bond acceptors (Lipinski definition) is 4. The lowest BCUT2D eigenvalue weighted by molar-refractivity contribution is -0.140. The van der Waals surface area contributed by atoms with Crippen molar-refractivity contribution in [2.45, 2.75) is 6.42 Å². The first kappa shape index (κ1) is 13.4. The number of benzene rings is 1. The predicted molar refractivity (Wildman–Crippen MR) is 67.4 cm³/mol. The number of thiocarbonyl (C=S) groups is 1. The second-order valence-electron chi connectivity index (χ2n) is 3.31. The third kappa shape index (κ3) is 3.99. The molecule has 4 nitrogen and oxygen atoms in total. The van der Waals surface area contributed by atoms with Gasteiger partial charge in [-0.3, -0.25) is 4.79 Å². The maximum absolute atomic E-state index is 13.5. The highest BCUT2D eigenvalue weighted by Crippen LogP contribution is 2.15. The van der Waals surface area contributed by atoms with Gasteiger partial charge in [-0.1, -0.05) is 12.2 Å². The highest BCUT2D eigenvalue weighted by atomic mass is 32.1. The SMILES string of the molecule is COC(=O)CCNc1ccc(C(N)=S)cc1F. The summed E-state index contributed by atoms with van der Waals surface area (Å²) in [6.07, 6.45) is 0.174. The summed E-state index contributed by atoms with van der Waals surface area (Å²) in [5.41, 5.74) is 6.14. The molecule has 0 amide bonds. The summed E-state index contributed by atoms with van der Waals surface area (Å²) in [4.78, 5) is 11.0. The van der Waals surface area contributed by atoms with Gasteiger partial charge in [0.05, 0.1) is 19.2 Å². The van der Waals surface area contributed by atoms with Gasteiger partial charge in [0.15, 0.2) is 0 Å². The van der Waals surface area contributed by atoms with E-state index in [1.54, 1.807) is 6.07 Å². The van der Waals surface area contributed by atoms with Crippen LogP contribution in [0.25, 0.3) is 0 Å². The lowest BCUT2D eigenvalue weighted by Gasteiger charge is -2.08. The highest BCUT2D eigenvalue weighted by molar-refractivity contribution is 7.80. The van der Waals surface area contributed by atoms with Crippen LogP contribution in [0.1, 0.15) is 12.0 Å². The molecule has 0 heterocycles. The molecule has 92 valence electrons. The van der Waals surface area contributed by atoms with Gasteiger partial charge in [0.1, 0.15) is 10.8 Å². The van der Waals surface area contributed by atoms with Gasteiger partial charge >= 0.3 is 5.97 Å². The molecule has 0 fully saturated rings. The fourth-order valence-electron chi connectivity index (χ4n) is 1.21. The number of methoxy groups -OCH3 is 1. The van der Waals surface area contributed by atoms with Crippen molar-refractivity contribution in [2.24, 2.45) is 5.73 Å². The number of anilines is 1. The molecule has 0 saturated carbocycles. The molecule has 1 aromatic rings. The van der Waals surface area contributed by atoms with Crippen LogP contribution < -0.4 is 11.1 Å². The van der Waals surface area contributed by atoms with Crippen LogP contribution in [0.15, 0.2) is 18.2 Å². The lowest BCUT2D eigenvalue weighted by Crippen LogP contribution is -2.12. The molecule has 0 unspecified atom stereocenters. The van der Waals surface area contributed by atoms with Gasteiger partial charge < -0.3 is 15.8 Å². The third-order valence-corrected chi connectivity index (χ3v) is 2.36. The van der Waals surface area contributed by atoms with Crippen molar-refractivity contribution < 1.29 is 13.9 Å². The van der Waals surface area contributed by atoms with E-state index in [9.17, 15) is 9.18 Å². The molecule has 1 rings (SSSR count). The Hall–Kier alpha value is -1.69. The molecule has 0 aliphatic heterocycles. The summed E-state index contributed by atoms with van der Waals surface area (Å²) in [6, 6.07) is 4.40. The Morgan fingerprint density at radius 3 is 2.82 bits per heavy atom. The second-order valence-corrected chi connectivity index (χ2v) is 3.75. The van der Waals surface area contributed by atoms with E-state index >= 15 is 0 Å². The molecule has 6 heteroatoms. The van der Waals surface area contributed by atoms with Crippen molar-refractivity contribution in [3.63, 3.8) is 0 Å². The minimum Gasteiger partial charge on any atom is -0.469 e. The van der Waals surface area contributed by atoms with Gasteiger partial charge in [0, 0.05) is 12.1 Å². The molecular weight excluding hydrogens is 243 g/mol. The third-order valence-electron chi connectivity index (χ3n) is 2.13. The van der Waals surface area contributed by atoms with Crippen LogP contribution in [-0.2, 0) is 9.53 Å². The molecule has 0 aliphatic rings. The summed E-state index contributed by atoms with van der Waals surface area (Å²) >= 11 is 4.73. The first-order chi connectivity index (χ1) is 8.04. The fourth-order valence-corrected chi connectivity index (χ4v) is 1.34. The van der Waals surface area contributed by atoms with Crippen molar-refractivity contribution in [2.75, 3.05) is 19.0 Å². The Bertz CT molecular complexity index is 437. The van der Waals surface area contributed by atoms with Crippen molar-refractivity contribution in [3.8, 4) is 0 Å². The number of nitrogens with two attached hydrogens (primary N) is 1. The van der Waals surface area contributed by atoms with Crippen LogP contribution in [0.4, 0.5) is 10.1 Å². The Kier molecular flexibility index (Phi) is 4.84. The van der Waals surface area contributed by atoms with Gasteiger partial charge in [-0.05, 0) is 18.2 Å². The van der Waals surface area contributed by atoms with Crippen LogP contribution in [0.5, 0.6) is 0 Å². The quantitative estimate of drug-likeness (QED) is 0.616. The molecule has 3 N–H and O–H groups in total. The monoisotopic (exact) mass is 256 g/mol. The molecule has 0 atom stereocenters. The van der Waals surface area contributed by atoms with E-state index in [0.29, 0.717) is 17.8 Å². The summed E-state index contributed by atoms with van der Waals surface area (Å²) in [7, 11) is 1.31. The minimum atomic E-state index is -0.458. The summed E-state index contributed by atoms with van der Waals surface area (Å²) in [5.74, 6) is -0.808. The van der Waals surface area contributed by atoms with E-state index in [1.165, 1.54) is 19.2 Å². The van der Waals surface area contributed by atoms with Gasteiger partial charge in [0.2, 0.25) is 0 Å². The van der Waals surface area contributed by atoms with Gasteiger partial charge in [-0.2, -0.15) is 0 Å². The smallest absolute Gasteiger partial charge is 0.307 e. The van der Waals surface area contributed by atoms with Crippen molar-refractivity contribution in [1.82, 2.24) is 0 Å². The fraction of sp³-hybridized carbons (Fsp3) is 0.273. The van der Waals surface area contributed by atoms with Crippen molar-refractivity contribution in [3.05, 3.63) is 29.6 Å². The van der Waals surface area contributed by atoms with Crippen LogP contribution in [0.3, 0.4) is 0 Å². The zero-order valence-corrected chi connectivity index (χ0v) is 10.1. The predicted octanol–water partition coefficient (Wildman–Crippen LogP) is 1.43. The Balaban J connectivity index is 2.60. The van der Waals surface area contributed by atoms with Crippen molar-refractivity contribution in [1.29, 1.82) is 0 Å². The van der Waals surface area contributed by atoms with E-state index in [2.05, 4.69) is 10.1 Å². The number of esters is 1. The number of carbonyl (C=O) groups is 1.